The molecule has 0 unspecified atom stereocenters. The van der Waals surface area contributed by atoms with E-state index in [1.807, 2.05) is 99.3 Å². The van der Waals surface area contributed by atoms with Crippen LogP contribution in [0.4, 0.5) is 13.6 Å². The molecule has 0 spiro atoms. The minimum Gasteiger partial charge on any atom is -0.504 e. The number of hydrazine groups is 1. The Hall–Kier alpha value is -15.4. The number of benzene rings is 4. The Morgan fingerprint density at radius 2 is 0.816 bits per heavy atom. The summed E-state index contributed by atoms with van der Waals surface area (Å²) >= 11 is 0. The van der Waals surface area contributed by atoms with E-state index in [0.29, 0.717) is 88.2 Å². The fraction of sp³-hybridized carbons (Fsp3) is 0.301. The van der Waals surface area contributed by atoms with Gasteiger partial charge in [0.1, 0.15) is 18.3 Å². The molecular weight excluding hydrogens is 1620 g/mol. The van der Waals surface area contributed by atoms with Gasteiger partial charge in [0.15, 0.2) is 17.2 Å². The summed E-state index contributed by atoms with van der Waals surface area (Å²) in [7, 11) is 1.60. The molecule has 4 aliphatic rings. The maximum absolute atomic E-state index is 13.8. The first kappa shape index (κ1) is 87.5. The van der Waals surface area contributed by atoms with Crippen molar-refractivity contribution >= 4 is 41.0 Å². The van der Waals surface area contributed by atoms with Gasteiger partial charge in [0.25, 0.3) is 41.4 Å². The summed E-state index contributed by atoms with van der Waals surface area (Å²) in [6.45, 7) is 9.65. The molecule has 4 fully saturated rings. The molecule has 4 aromatic carbocycles. The van der Waals surface area contributed by atoms with Gasteiger partial charge in [-0.15, -0.1) is 10.2 Å². The highest BCUT2D eigenvalue weighted by Crippen LogP contribution is 2.32. The highest BCUT2D eigenvalue weighted by Gasteiger charge is 2.37. The highest BCUT2D eigenvalue weighted by atomic mass is 19.1. The third kappa shape index (κ3) is 21.2. The molecule has 10 aromatic heterocycles. The summed E-state index contributed by atoms with van der Waals surface area (Å²) in [6.07, 6.45) is 24.9. The molecule has 8 N–H and O–H groups in total. The molecule has 8 atom stereocenters. The topological polar surface area (TPSA) is 481 Å². The number of likely N-dealkylation sites (tertiary alicyclic amines) is 4. The zero-order chi connectivity index (χ0) is 88.2. The number of H-pyrrole nitrogens is 1. The second-order valence-electron chi connectivity index (χ2n) is 29.3. The average molecular weight is 1710 g/mol. The van der Waals surface area contributed by atoms with Crippen molar-refractivity contribution in [2.24, 2.45) is 18.6 Å². The normalized spacial score (nSPS) is 18.4. The second kappa shape index (κ2) is 40.8. The molecule has 0 bridgehead atoms. The summed E-state index contributed by atoms with van der Waals surface area (Å²) in [5, 5.41) is 62.1. The van der Waals surface area contributed by atoms with E-state index in [1.54, 1.807) is 138 Å². The first-order valence-electron chi connectivity index (χ1n) is 39.9. The third-order valence-corrected chi connectivity index (χ3v) is 20.9. The minimum absolute atomic E-state index is 0.0442. The number of carbonyl (C=O) groups excluding carboxylic acids is 5. The molecule has 6 amide bonds. The summed E-state index contributed by atoms with van der Waals surface area (Å²) < 4.78 is 48.0. The van der Waals surface area contributed by atoms with Crippen LogP contribution >= 0.6 is 0 Å². The average Bonchev–Trinajstić information content (AvgIpc) is 1.72. The van der Waals surface area contributed by atoms with Crippen LogP contribution in [0.15, 0.2) is 224 Å². The van der Waals surface area contributed by atoms with E-state index in [-0.39, 0.29) is 89.1 Å². The molecule has 0 radical (unpaired) electrons. The minimum atomic E-state index is -0.826. The Balaban J connectivity index is 0.000000137. The number of aliphatic hydroxyl groups is 1. The lowest BCUT2D eigenvalue weighted by molar-refractivity contribution is 0.0309. The lowest BCUT2D eigenvalue weighted by atomic mass is 9.99. The number of primary amides is 1. The van der Waals surface area contributed by atoms with Gasteiger partial charge in [-0.25, -0.2) is 53.8 Å². The standard InChI is InChI=1S/C22H23N7O3.C20H20FN5O2.C20H20N8O3.C15H18N4O2.C5H4FNO.CH5N3O/c1-15-9-10-16(32-19-8-5-13-27-20(19)25-26(2)22(27)31)14-28(15)21(30)17-6-3-4-7-18(17)29-23-11-12-24-29;1-14-8-9-15(28-18-7-4-10-22-19(18)21)13-25(14)20(27)16-5-2-3-6-17(16)26-23-11-12-24-26;1-13-6-7-14(31-18-17-24-25-20(30)26(17)11-10-21-18)12-27(13)19(29)15-4-2-3-5-16(15)28-22-8-9-23-28;1-11-6-7-12(20)10-18(11)15(21)13-4-2-3-5-14(13)19-16-8-9-17-19;6-5-4(8)2-1-3-7-5;2-1(5)4-3/h3-8,11-13,15-16H,9-10,14H2,1-2H3;2-7,10-12,14-15H,8-9,13H2,1H3;2-5,8-11,13-14H,6-7,12H2,1H3,(H,25,30);2-5,8-9,11-12,20H,6-7,10H2,1H3;1-3,8H;3H2,(H3,2,4,5)/t15-,16-;14-,15-;13-,14-;11-,12+;;/m1111../s1. The van der Waals surface area contributed by atoms with Gasteiger partial charge in [0.05, 0.1) is 120 Å². The van der Waals surface area contributed by atoms with E-state index >= 15 is 0 Å². The van der Waals surface area contributed by atoms with Crippen LogP contribution in [0.1, 0.15) is 120 Å². The largest absolute Gasteiger partial charge is 0.504 e. The number of urea groups is 1. The predicted octanol–water partition coefficient (Wildman–Crippen LogP) is 6.34. The predicted molar refractivity (Wildman–Crippen MR) is 445 cm³/mol. The van der Waals surface area contributed by atoms with Crippen molar-refractivity contribution in [3.05, 3.63) is 269 Å². The zero-order valence-electron chi connectivity index (χ0n) is 68.4. The number of carbonyl (C=O) groups is 5. The highest BCUT2D eigenvalue weighted by molar-refractivity contribution is 6.00. The number of nitrogens with zero attached hydrogens (tertiary/aromatic N) is 24. The van der Waals surface area contributed by atoms with E-state index in [9.17, 15) is 47.4 Å². The number of halogens is 2. The van der Waals surface area contributed by atoms with Gasteiger partial charge in [-0.3, -0.25) is 24.6 Å². The lowest BCUT2D eigenvalue weighted by Gasteiger charge is -2.38. The third-order valence-electron chi connectivity index (χ3n) is 20.9. The number of hydrogen-bond donors (Lipinski definition) is 6. The summed E-state index contributed by atoms with van der Waals surface area (Å²) in [6, 6.07) is 38.0. The van der Waals surface area contributed by atoms with Crippen molar-refractivity contribution in [2.75, 3.05) is 26.2 Å². The van der Waals surface area contributed by atoms with Gasteiger partial charge in [0.2, 0.25) is 11.3 Å². The summed E-state index contributed by atoms with van der Waals surface area (Å²) in [4.78, 5) is 110. The first-order valence-corrected chi connectivity index (χ1v) is 39.9. The zero-order valence-corrected chi connectivity index (χ0v) is 68.4. The molecule has 42 heteroatoms. The number of rotatable bonds is 14. The number of amides is 6. The maximum Gasteiger partial charge on any atom is 0.350 e. The van der Waals surface area contributed by atoms with Crippen molar-refractivity contribution in [1.29, 1.82) is 0 Å². The van der Waals surface area contributed by atoms with Crippen LogP contribution in [0.2, 0.25) is 0 Å². The van der Waals surface area contributed by atoms with E-state index in [2.05, 4.69) is 82.6 Å². The number of nitrogens with two attached hydrogens (primary N) is 2. The number of aromatic nitrogens is 21. The Morgan fingerprint density at radius 1 is 0.440 bits per heavy atom. The molecule has 14 aromatic rings. The van der Waals surface area contributed by atoms with Crippen LogP contribution in [0, 0.1) is 11.9 Å². The molecule has 648 valence electrons. The first-order chi connectivity index (χ1) is 60.5. The van der Waals surface area contributed by atoms with Crippen molar-refractivity contribution in [2.45, 2.75) is 128 Å². The molecule has 14 heterocycles. The van der Waals surface area contributed by atoms with Crippen molar-refractivity contribution < 1.29 is 57.2 Å². The van der Waals surface area contributed by atoms with Crippen LogP contribution in [0.5, 0.6) is 23.1 Å². The Morgan fingerprint density at radius 3 is 1.22 bits per heavy atom. The van der Waals surface area contributed by atoms with E-state index in [1.165, 1.54) is 69.6 Å². The molecule has 18 rings (SSSR count). The molecule has 125 heavy (non-hydrogen) atoms. The van der Waals surface area contributed by atoms with Gasteiger partial charge in [-0.2, -0.15) is 68.8 Å². The van der Waals surface area contributed by atoms with Gasteiger partial charge in [0, 0.05) is 68.7 Å². The summed E-state index contributed by atoms with van der Waals surface area (Å²) in [5.74, 6) is 3.04. The number of aliphatic hydroxyl groups excluding tert-OH is 1. The number of fused-ring (bicyclic) bond motifs is 2. The fourth-order valence-electron chi connectivity index (χ4n) is 14.4. The number of hydrogen-bond acceptors (Lipinski definition) is 26. The van der Waals surface area contributed by atoms with Crippen LogP contribution in [-0.2, 0) is 7.05 Å². The van der Waals surface area contributed by atoms with Crippen LogP contribution < -0.4 is 42.6 Å². The molecule has 4 saturated heterocycles. The van der Waals surface area contributed by atoms with Gasteiger partial charge < -0.3 is 49.8 Å². The molecule has 0 saturated carbocycles. The van der Waals surface area contributed by atoms with Crippen LogP contribution in [0.3, 0.4) is 0 Å². The van der Waals surface area contributed by atoms with E-state index in [0.717, 1.165) is 51.4 Å². The lowest BCUT2D eigenvalue weighted by Crippen LogP contribution is -2.49. The number of nitrogens with one attached hydrogen (secondary N) is 2. The number of β-amino-alcohol motifs (C(OH)–C–C–N with tert-alkyl or cyclic N) is 1. The van der Waals surface area contributed by atoms with Gasteiger partial charge in [-0.1, -0.05) is 48.5 Å². The number of piperidine rings is 4. The number of pyridine rings is 3. The number of para-hydroxylation sites is 4. The Kier molecular flexibility index (Phi) is 28.5. The van der Waals surface area contributed by atoms with E-state index < -0.39 is 29.8 Å². The number of aromatic hydroxyl groups is 1. The van der Waals surface area contributed by atoms with Crippen LogP contribution in [-0.4, -0.2) is 238 Å². The quantitative estimate of drug-likeness (QED) is 0.0299. The molecule has 40 nitrogen and oxygen atoms in total. The Bertz CT molecular complexity index is 6070. The van der Waals surface area contributed by atoms with Gasteiger partial charge >= 0.3 is 17.4 Å². The molecule has 0 aliphatic carbocycles. The molecule has 4 aliphatic heterocycles. The smallest absolute Gasteiger partial charge is 0.350 e. The number of aromatic amines is 1. The monoisotopic (exact) mass is 1710 g/mol. The number of aryl methyl sites for hydroxylation is 1. The molecular formula is C83H90F2N28O12. The van der Waals surface area contributed by atoms with Gasteiger partial charge in [-0.05, 0) is 164 Å². The number of ether oxygens (including phenoxy) is 3. The summed E-state index contributed by atoms with van der Waals surface area (Å²) in [5.41, 5.74) is 10.9. The Labute approximate surface area is 711 Å². The SMILES string of the molecule is C[C@@H]1CC[C@@H](Oc2cccn3c(=O)n(C)nc23)CN1C(=O)c1ccccc1-n1nccn1.C[C@@H]1CC[C@@H](Oc2cccnc2F)CN1C(=O)c1ccccc1-n1nccn1.C[C@@H]1CC[C@@H](Oc2nccn3c(=O)[nH]nc23)CN1C(=O)c1ccccc1-n1nccn1.C[C@@H]1CC[C@H](O)CN1C(=O)c1ccccc1-n1nccn1.NNC(N)=O.Oc1cccnc1F. The second-order valence-corrected chi connectivity index (χ2v) is 29.3. The van der Waals surface area contributed by atoms with Crippen LogP contribution in [0.25, 0.3) is 34.0 Å². The maximum atomic E-state index is 13.8. The van der Waals surface area contributed by atoms with Crippen molar-refractivity contribution in [3.8, 4) is 45.9 Å². The van der Waals surface area contributed by atoms with Crippen molar-refractivity contribution in [1.82, 2.24) is 129 Å². The fourth-order valence-corrected chi connectivity index (χ4v) is 14.4. The van der Waals surface area contributed by atoms with Crippen molar-refractivity contribution in [3.63, 3.8) is 0 Å². The van der Waals surface area contributed by atoms with E-state index in [4.69, 9.17) is 19.3 Å².